The molecular formula is C16H28. The molecule has 1 rings (SSSR count). The highest BCUT2D eigenvalue weighted by Gasteiger charge is 2.18. The quantitative estimate of drug-likeness (QED) is 0.464. The first-order valence-corrected chi connectivity index (χ1v) is 7.23. The van der Waals surface area contributed by atoms with Crippen molar-refractivity contribution in [2.75, 3.05) is 0 Å². The topological polar surface area (TPSA) is 0 Å². The van der Waals surface area contributed by atoms with Gasteiger partial charge in [-0.05, 0) is 30.8 Å². The number of hydrogen-bond acceptors (Lipinski definition) is 0. The van der Waals surface area contributed by atoms with E-state index in [2.05, 4.69) is 32.9 Å². The lowest BCUT2D eigenvalue weighted by atomic mass is 9.90. The van der Waals surface area contributed by atoms with E-state index in [-0.39, 0.29) is 0 Å². The van der Waals surface area contributed by atoms with E-state index in [9.17, 15) is 0 Å². The zero-order chi connectivity index (χ0) is 11.8. The molecule has 0 bridgehead atoms. The van der Waals surface area contributed by atoms with Crippen molar-refractivity contribution in [2.45, 2.75) is 72.1 Å². The fourth-order valence-corrected chi connectivity index (χ4v) is 2.71. The minimum Gasteiger partial charge on any atom is -0.0771 e. The van der Waals surface area contributed by atoms with E-state index >= 15 is 0 Å². The van der Waals surface area contributed by atoms with Gasteiger partial charge in [0.2, 0.25) is 0 Å². The van der Waals surface area contributed by atoms with Crippen LogP contribution >= 0.6 is 0 Å². The van der Waals surface area contributed by atoms with Gasteiger partial charge in [-0.1, -0.05) is 70.6 Å². The van der Waals surface area contributed by atoms with Crippen molar-refractivity contribution in [3.8, 4) is 0 Å². The lowest BCUT2D eigenvalue weighted by molar-refractivity contribution is 0.578. The van der Waals surface area contributed by atoms with Crippen LogP contribution in [0.5, 0.6) is 0 Å². The van der Waals surface area contributed by atoms with Crippen LogP contribution in [0, 0.1) is 5.92 Å². The molecule has 16 heavy (non-hydrogen) atoms. The Bertz CT molecular complexity index is 245. The van der Waals surface area contributed by atoms with Crippen LogP contribution in [0.4, 0.5) is 0 Å². The van der Waals surface area contributed by atoms with Crippen molar-refractivity contribution >= 4 is 0 Å². The zero-order valence-electron chi connectivity index (χ0n) is 11.4. The fourth-order valence-electron chi connectivity index (χ4n) is 2.71. The molecule has 0 aromatic heterocycles. The van der Waals surface area contributed by atoms with Crippen LogP contribution in [0.15, 0.2) is 23.3 Å². The molecule has 0 heteroatoms. The van der Waals surface area contributed by atoms with E-state index in [4.69, 9.17) is 0 Å². The molecule has 0 saturated heterocycles. The highest BCUT2D eigenvalue weighted by Crippen LogP contribution is 2.34. The fraction of sp³-hybridized carbons (Fsp3) is 0.750. The summed E-state index contributed by atoms with van der Waals surface area (Å²) in [5.41, 5.74) is 3.42. The minimum absolute atomic E-state index is 0.785. The Morgan fingerprint density at radius 3 is 2.31 bits per heavy atom. The maximum absolute atomic E-state index is 2.46. The highest BCUT2D eigenvalue weighted by molar-refractivity contribution is 5.36. The van der Waals surface area contributed by atoms with Crippen LogP contribution in [0.3, 0.4) is 0 Å². The standard InChI is InChI=1S/C16H28/c1-4-7-8-11-15-13-12-14(9-5-2)16(15)10-6-3/h12-13,15H,4-11H2,1-3H3. The van der Waals surface area contributed by atoms with Gasteiger partial charge in [-0.2, -0.15) is 0 Å². The second-order valence-corrected chi connectivity index (χ2v) is 5.01. The van der Waals surface area contributed by atoms with Gasteiger partial charge in [-0.25, -0.2) is 0 Å². The Labute approximate surface area is 102 Å². The van der Waals surface area contributed by atoms with E-state index in [0.717, 1.165) is 5.92 Å². The van der Waals surface area contributed by atoms with Crippen LogP contribution < -0.4 is 0 Å². The van der Waals surface area contributed by atoms with E-state index in [1.165, 1.54) is 51.4 Å². The maximum atomic E-state index is 2.46. The number of unbranched alkanes of at least 4 members (excludes halogenated alkanes) is 2. The van der Waals surface area contributed by atoms with E-state index in [1.807, 2.05) is 0 Å². The van der Waals surface area contributed by atoms with Gasteiger partial charge in [-0.3, -0.25) is 0 Å². The summed E-state index contributed by atoms with van der Waals surface area (Å²) in [7, 11) is 0. The number of rotatable bonds is 8. The van der Waals surface area contributed by atoms with Gasteiger partial charge in [0, 0.05) is 0 Å². The summed E-state index contributed by atoms with van der Waals surface area (Å²) in [4.78, 5) is 0. The third-order valence-electron chi connectivity index (χ3n) is 3.55. The lowest BCUT2D eigenvalue weighted by Gasteiger charge is -2.15. The van der Waals surface area contributed by atoms with E-state index in [1.54, 1.807) is 11.1 Å². The first kappa shape index (κ1) is 13.5. The average Bonchev–Trinajstić information content (AvgIpc) is 2.64. The summed E-state index contributed by atoms with van der Waals surface area (Å²) in [5, 5.41) is 0. The summed E-state index contributed by atoms with van der Waals surface area (Å²) in [6.45, 7) is 6.88. The van der Waals surface area contributed by atoms with Crippen molar-refractivity contribution < 1.29 is 0 Å². The van der Waals surface area contributed by atoms with Crippen molar-refractivity contribution in [3.05, 3.63) is 23.3 Å². The second-order valence-electron chi connectivity index (χ2n) is 5.01. The largest absolute Gasteiger partial charge is 0.0771 e. The van der Waals surface area contributed by atoms with Crippen molar-refractivity contribution in [1.82, 2.24) is 0 Å². The molecule has 0 spiro atoms. The summed E-state index contributed by atoms with van der Waals surface area (Å²) in [6, 6.07) is 0. The third kappa shape index (κ3) is 3.81. The molecule has 1 aliphatic rings. The molecule has 1 atom stereocenters. The molecule has 0 fully saturated rings. The van der Waals surface area contributed by atoms with Gasteiger partial charge in [0.25, 0.3) is 0 Å². The number of hydrogen-bond donors (Lipinski definition) is 0. The Kier molecular flexibility index (Phi) is 6.52. The Hall–Kier alpha value is -0.520. The summed E-state index contributed by atoms with van der Waals surface area (Å²) >= 11 is 0. The molecule has 0 aromatic carbocycles. The molecule has 0 nitrogen and oxygen atoms in total. The smallest absolute Gasteiger partial charge is 0.00142 e. The van der Waals surface area contributed by atoms with Gasteiger partial charge in [0.05, 0.1) is 0 Å². The highest BCUT2D eigenvalue weighted by atomic mass is 14.2. The van der Waals surface area contributed by atoms with Crippen LogP contribution in [-0.4, -0.2) is 0 Å². The van der Waals surface area contributed by atoms with Crippen LogP contribution in [-0.2, 0) is 0 Å². The van der Waals surface area contributed by atoms with Crippen molar-refractivity contribution in [2.24, 2.45) is 5.92 Å². The van der Waals surface area contributed by atoms with Gasteiger partial charge in [-0.15, -0.1) is 0 Å². The molecular weight excluding hydrogens is 192 g/mol. The molecule has 1 aliphatic carbocycles. The molecule has 0 aromatic rings. The second kappa shape index (κ2) is 7.70. The maximum Gasteiger partial charge on any atom is -0.00142 e. The minimum atomic E-state index is 0.785. The summed E-state index contributed by atoms with van der Waals surface area (Å²) < 4.78 is 0. The van der Waals surface area contributed by atoms with Gasteiger partial charge in [0.1, 0.15) is 0 Å². The van der Waals surface area contributed by atoms with Crippen LogP contribution in [0.25, 0.3) is 0 Å². The SMILES string of the molecule is CCCCCC1C=CC(CCC)=C1CCC. The van der Waals surface area contributed by atoms with E-state index < -0.39 is 0 Å². The normalized spacial score (nSPS) is 19.8. The summed E-state index contributed by atoms with van der Waals surface area (Å²) in [5.74, 6) is 0.785. The number of allylic oxidation sites excluding steroid dienone is 4. The molecule has 0 radical (unpaired) electrons. The molecule has 0 saturated carbocycles. The third-order valence-corrected chi connectivity index (χ3v) is 3.55. The van der Waals surface area contributed by atoms with Gasteiger partial charge >= 0.3 is 0 Å². The van der Waals surface area contributed by atoms with E-state index in [0.29, 0.717) is 0 Å². The lowest BCUT2D eigenvalue weighted by Crippen LogP contribution is -2.00. The first-order valence-electron chi connectivity index (χ1n) is 7.23. The molecule has 0 heterocycles. The predicted octanol–water partition coefficient (Wildman–Crippen LogP) is 5.65. The van der Waals surface area contributed by atoms with Crippen LogP contribution in [0.1, 0.15) is 72.1 Å². The Morgan fingerprint density at radius 2 is 1.69 bits per heavy atom. The average molecular weight is 220 g/mol. The molecule has 92 valence electrons. The molecule has 0 amide bonds. The Balaban J connectivity index is 2.53. The Morgan fingerprint density at radius 1 is 0.938 bits per heavy atom. The zero-order valence-corrected chi connectivity index (χ0v) is 11.4. The molecule has 0 aliphatic heterocycles. The van der Waals surface area contributed by atoms with Crippen LogP contribution in [0.2, 0.25) is 0 Å². The molecule has 1 unspecified atom stereocenters. The van der Waals surface area contributed by atoms with Crippen molar-refractivity contribution in [1.29, 1.82) is 0 Å². The predicted molar refractivity (Wildman–Crippen MR) is 73.6 cm³/mol. The molecule has 0 N–H and O–H groups in total. The van der Waals surface area contributed by atoms with Gasteiger partial charge < -0.3 is 0 Å². The monoisotopic (exact) mass is 220 g/mol. The summed E-state index contributed by atoms with van der Waals surface area (Å²) in [6.07, 6.45) is 15.6. The van der Waals surface area contributed by atoms with Gasteiger partial charge in [0.15, 0.2) is 0 Å². The van der Waals surface area contributed by atoms with Crippen molar-refractivity contribution in [3.63, 3.8) is 0 Å². The first-order chi connectivity index (χ1) is 7.83.